The summed E-state index contributed by atoms with van der Waals surface area (Å²) in [6, 6.07) is 12.1. The topological polar surface area (TPSA) is 64.6 Å². The quantitative estimate of drug-likeness (QED) is 0.826. The van der Waals surface area contributed by atoms with Crippen molar-refractivity contribution in [3.8, 4) is 0 Å². The second-order valence-electron chi connectivity index (χ2n) is 5.18. The number of hydrogen-bond donors (Lipinski definition) is 1. The molecule has 2 aromatic carbocycles. The van der Waals surface area contributed by atoms with Crippen LogP contribution in [0.2, 0.25) is 0 Å². The van der Waals surface area contributed by atoms with Gasteiger partial charge in [0, 0.05) is 12.8 Å². The predicted octanol–water partition coefficient (Wildman–Crippen LogP) is 3.16. The van der Waals surface area contributed by atoms with Gasteiger partial charge in [0.15, 0.2) is 6.10 Å². The second kappa shape index (κ2) is 8.21. The first kappa shape index (κ1) is 17.6. The lowest BCUT2D eigenvalue weighted by molar-refractivity contribution is -0.123. The van der Waals surface area contributed by atoms with E-state index >= 15 is 0 Å². The van der Waals surface area contributed by atoms with Crippen molar-refractivity contribution in [2.75, 3.05) is 12.4 Å². The molecule has 0 aliphatic heterocycles. The van der Waals surface area contributed by atoms with E-state index < -0.39 is 23.8 Å². The van der Waals surface area contributed by atoms with E-state index in [2.05, 4.69) is 5.32 Å². The van der Waals surface area contributed by atoms with Crippen molar-refractivity contribution in [1.29, 1.82) is 0 Å². The van der Waals surface area contributed by atoms with Crippen LogP contribution >= 0.6 is 0 Å². The molecule has 0 saturated carbocycles. The zero-order chi connectivity index (χ0) is 17.5. The van der Waals surface area contributed by atoms with Crippen LogP contribution < -0.4 is 5.32 Å². The summed E-state index contributed by atoms with van der Waals surface area (Å²) < 4.78 is 23.0. The summed E-state index contributed by atoms with van der Waals surface area (Å²) in [4.78, 5) is 24.2. The molecule has 24 heavy (non-hydrogen) atoms. The number of amides is 1. The molecule has 0 heterocycles. The number of esters is 1. The van der Waals surface area contributed by atoms with Gasteiger partial charge in [-0.3, -0.25) is 4.79 Å². The van der Waals surface area contributed by atoms with Crippen LogP contribution in [0, 0.1) is 5.82 Å². The van der Waals surface area contributed by atoms with Crippen LogP contribution in [0.1, 0.15) is 22.8 Å². The molecule has 0 spiro atoms. The van der Waals surface area contributed by atoms with E-state index in [1.807, 2.05) is 6.07 Å². The van der Waals surface area contributed by atoms with Crippen LogP contribution in [0.25, 0.3) is 0 Å². The van der Waals surface area contributed by atoms with Crippen LogP contribution in [0.15, 0.2) is 48.5 Å². The Morgan fingerprint density at radius 3 is 2.54 bits per heavy atom. The normalized spacial score (nSPS) is 11.6. The predicted molar refractivity (Wildman–Crippen MR) is 87.1 cm³/mol. The van der Waals surface area contributed by atoms with Gasteiger partial charge in [-0.25, -0.2) is 9.18 Å². The zero-order valence-corrected chi connectivity index (χ0v) is 13.4. The summed E-state index contributed by atoms with van der Waals surface area (Å²) >= 11 is 0. The third-order valence-corrected chi connectivity index (χ3v) is 3.24. The Labute approximate surface area is 139 Å². The molecule has 126 valence electrons. The molecule has 5 nitrogen and oxygen atoms in total. The molecule has 2 rings (SSSR count). The molecule has 0 bridgehead atoms. The first-order valence-corrected chi connectivity index (χ1v) is 7.35. The molecule has 1 amide bonds. The Bertz CT molecular complexity index is 715. The molecule has 2 aromatic rings. The molecule has 1 N–H and O–H groups in total. The zero-order valence-electron chi connectivity index (χ0n) is 13.4. The Morgan fingerprint density at radius 2 is 1.88 bits per heavy atom. The number of methoxy groups -OCH3 is 1. The van der Waals surface area contributed by atoms with Gasteiger partial charge in [0.1, 0.15) is 5.82 Å². The molecule has 0 fully saturated rings. The lowest BCUT2D eigenvalue weighted by Gasteiger charge is -2.14. The highest BCUT2D eigenvalue weighted by molar-refractivity contribution is 5.97. The van der Waals surface area contributed by atoms with E-state index in [1.165, 1.54) is 31.2 Å². The van der Waals surface area contributed by atoms with Crippen LogP contribution in [-0.4, -0.2) is 25.1 Å². The SMILES string of the molecule is COCc1cccc(C(=O)O[C@H](C)C(=O)Nc2ccc(F)cc2)c1. The van der Waals surface area contributed by atoms with Crippen molar-refractivity contribution in [3.63, 3.8) is 0 Å². The number of nitrogens with one attached hydrogen (secondary N) is 1. The van der Waals surface area contributed by atoms with Crippen molar-refractivity contribution in [3.05, 3.63) is 65.5 Å². The van der Waals surface area contributed by atoms with Crippen molar-refractivity contribution < 1.29 is 23.5 Å². The van der Waals surface area contributed by atoms with Crippen molar-refractivity contribution in [2.24, 2.45) is 0 Å². The van der Waals surface area contributed by atoms with E-state index in [-0.39, 0.29) is 0 Å². The first-order chi connectivity index (χ1) is 11.5. The molecular formula is C18H18FNO4. The molecule has 0 aliphatic rings. The summed E-state index contributed by atoms with van der Waals surface area (Å²) in [5.41, 5.74) is 1.59. The van der Waals surface area contributed by atoms with Gasteiger partial charge in [0.25, 0.3) is 5.91 Å². The van der Waals surface area contributed by atoms with Crippen molar-refractivity contribution >= 4 is 17.6 Å². The summed E-state index contributed by atoms with van der Waals surface area (Å²) in [5.74, 6) is -1.50. The summed E-state index contributed by atoms with van der Waals surface area (Å²) in [7, 11) is 1.56. The molecular weight excluding hydrogens is 313 g/mol. The highest BCUT2D eigenvalue weighted by Gasteiger charge is 2.19. The van der Waals surface area contributed by atoms with E-state index in [4.69, 9.17) is 9.47 Å². The van der Waals surface area contributed by atoms with Gasteiger partial charge in [-0.2, -0.15) is 0 Å². The number of ether oxygens (including phenoxy) is 2. The first-order valence-electron chi connectivity index (χ1n) is 7.35. The average molecular weight is 331 g/mol. The fourth-order valence-corrected chi connectivity index (χ4v) is 2.01. The average Bonchev–Trinajstić information content (AvgIpc) is 2.57. The van der Waals surface area contributed by atoms with E-state index in [9.17, 15) is 14.0 Å². The number of hydrogen-bond acceptors (Lipinski definition) is 4. The lowest BCUT2D eigenvalue weighted by Crippen LogP contribution is -2.30. The Balaban J connectivity index is 1.96. The number of rotatable bonds is 6. The van der Waals surface area contributed by atoms with E-state index in [0.717, 1.165) is 5.56 Å². The molecule has 0 radical (unpaired) electrons. The minimum Gasteiger partial charge on any atom is -0.449 e. The molecule has 0 aliphatic carbocycles. The minimum atomic E-state index is -0.992. The molecule has 0 aromatic heterocycles. The van der Waals surface area contributed by atoms with Crippen molar-refractivity contribution in [1.82, 2.24) is 0 Å². The van der Waals surface area contributed by atoms with E-state index in [1.54, 1.807) is 25.3 Å². The van der Waals surface area contributed by atoms with E-state index in [0.29, 0.717) is 17.9 Å². The Hall–Kier alpha value is -2.73. The van der Waals surface area contributed by atoms with Gasteiger partial charge in [-0.15, -0.1) is 0 Å². The molecule has 0 unspecified atom stereocenters. The monoisotopic (exact) mass is 331 g/mol. The maximum atomic E-state index is 12.8. The standard InChI is InChI=1S/C18H18FNO4/c1-12(17(21)20-16-8-6-15(19)7-9-16)24-18(22)14-5-3-4-13(10-14)11-23-2/h3-10,12H,11H2,1-2H3,(H,20,21)/t12-/m1/s1. The van der Waals surface area contributed by atoms with Crippen LogP contribution in [0.3, 0.4) is 0 Å². The van der Waals surface area contributed by atoms with Gasteiger partial charge in [0.05, 0.1) is 12.2 Å². The fourth-order valence-electron chi connectivity index (χ4n) is 2.01. The molecule has 6 heteroatoms. The van der Waals surface area contributed by atoms with Crippen LogP contribution in [-0.2, 0) is 20.9 Å². The third-order valence-electron chi connectivity index (χ3n) is 3.24. The highest BCUT2D eigenvalue weighted by atomic mass is 19.1. The number of carbonyl (C=O) groups excluding carboxylic acids is 2. The summed E-state index contributed by atoms with van der Waals surface area (Å²) in [5, 5.41) is 2.55. The minimum absolute atomic E-state index is 0.339. The van der Waals surface area contributed by atoms with Crippen LogP contribution in [0.4, 0.5) is 10.1 Å². The lowest BCUT2D eigenvalue weighted by atomic mass is 10.1. The number of benzene rings is 2. The second-order valence-corrected chi connectivity index (χ2v) is 5.18. The Kier molecular flexibility index (Phi) is 6.03. The largest absolute Gasteiger partial charge is 0.449 e. The van der Waals surface area contributed by atoms with Crippen LogP contribution in [0.5, 0.6) is 0 Å². The summed E-state index contributed by atoms with van der Waals surface area (Å²) in [6.07, 6.45) is -0.992. The van der Waals surface area contributed by atoms with Gasteiger partial charge in [0.2, 0.25) is 0 Å². The molecule has 0 saturated heterocycles. The fraction of sp³-hybridized carbons (Fsp3) is 0.222. The third kappa shape index (κ3) is 4.89. The summed E-state index contributed by atoms with van der Waals surface area (Å²) in [6.45, 7) is 1.84. The Morgan fingerprint density at radius 1 is 1.17 bits per heavy atom. The van der Waals surface area contributed by atoms with Gasteiger partial charge < -0.3 is 14.8 Å². The van der Waals surface area contributed by atoms with Gasteiger partial charge in [-0.05, 0) is 48.9 Å². The highest BCUT2D eigenvalue weighted by Crippen LogP contribution is 2.12. The number of carbonyl (C=O) groups is 2. The number of halogens is 1. The smallest absolute Gasteiger partial charge is 0.338 e. The van der Waals surface area contributed by atoms with Gasteiger partial charge in [-0.1, -0.05) is 12.1 Å². The molecule has 1 atom stereocenters. The maximum Gasteiger partial charge on any atom is 0.338 e. The maximum absolute atomic E-state index is 12.8. The van der Waals surface area contributed by atoms with Crippen molar-refractivity contribution in [2.45, 2.75) is 19.6 Å². The van der Waals surface area contributed by atoms with Gasteiger partial charge >= 0.3 is 5.97 Å². The number of anilines is 1.